The van der Waals surface area contributed by atoms with Gasteiger partial charge in [0.1, 0.15) is 12.4 Å². The average molecular weight is 458 g/mol. The molecule has 2 N–H and O–H groups in total. The Morgan fingerprint density at radius 2 is 1.65 bits per heavy atom. The highest BCUT2D eigenvalue weighted by Gasteiger charge is 2.33. The lowest BCUT2D eigenvalue weighted by Crippen LogP contribution is -2.48. The lowest BCUT2D eigenvalue weighted by Gasteiger charge is -2.31. The SMILES string of the molecule is COCC(=O)N1CCC(S(=O)(=O)NC(=O)Nc2c(C(C)C)cc(F)cc2C(C)C)CC1. The first-order valence-electron chi connectivity index (χ1n) is 10.4. The maximum absolute atomic E-state index is 14.1. The molecule has 1 aromatic rings. The van der Waals surface area contributed by atoms with Gasteiger partial charge in [-0.25, -0.2) is 22.3 Å². The normalized spacial score (nSPS) is 15.4. The lowest BCUT2D eigenvalue weighted by atomic mass is 9.92. The molecule has 0 aliphatic carbocycles. The molecule has 0 spiro atoms. The summed E-state index contributed by atoms with van der Waals surface area (Å²) in [6, 6.07) is 1.83. The molecule has 0 unspecified atom stereocenters. The Morgan fingerprint density at radius 3 is 2.10 bits per heavy atom. The fourth-order valence-corrected chi connectivity index (χ4v) is 4.99. The van der Waals surface area contributed by atoms with E-state index in [0.29, 0.717) is 16.8 Å². The van der Waals surface area contributed by atoms with Gasteiger partial charge >= 0.3 is 6.03 Å². The molecule has 1 saturated heterocycles. The van der Waals surface area contributed by atoms with Gasteiger partial charge < -0.3 is 15.0 Å². The van der Waals surface area contributed by atoms with Gasteiger partial charge in [0.25, 0.3) is 0 Å². The summed E-state index contributed by atoms with van der Waals surface area (Å²) in [7, 11) is -2.52. The summed E-state index contributed by atoms with van der Waals surface area (Å²) >= 11 is 0. The minimum Gasteiger partial charge on any atom is -0.375 e. The number of piperidine rings is 1. The summed E-state index contributed by atoms with van der Waals surface area (Å²) in [5, 5.41) is 1.85. The van der Waals surface area contributed by atoms with Gasteiger partial charge in [-0.15, -0.1) is 0 Å². The van der Waals surface area contributed by atoms with Gasteiger partial charge in [0.05, 0.1) is 5.25 Å². The van der Waals surface area contributed by atoms with Crippen LogP contribution in [-0.2, 0) is 19.6 Å². The summed E-state index contributed by atoms with van der Waals surface area (Å²) in [5.74, 6) is -0.744. The Balaban J connectivity index is 2.12. The molecule has 0 aromatic heterocycles. The number of carbonyl (C=O) groups excluding carboxylic acids is 2. The first-order chi connectivity index (χ1) is 14.5. The van der Waals surface area contributed by atoms with Crippen molar-refractivity contribution in [3.8, 4) is 0 Å². The molecule has 0 saturated carbocycles. The third-order valence-electron chi connectivity index (χ3n) is 5.38. The molecular weight excluding hydrogens is 425 g/mol. The number of anilines is 1. The third kappa shape index (κ3) is 6.39. The van der Waals surface area contributed by atoms with Gasteiger partial charge in [0.2, 0.25) is 15.9 Å². The minimum atomic E-state index is -3.94. The molecular formula is C21H32FN3O5S. The van der Waals surface area contributed by atoms with E-state index in [1.807, 2.05) is 27.7 Å². The van der Waals surface area contributed by atoms with E-state index in [4.69, 9.17) is 4.74 Å². The number of likely N-dealkylation sites (tertiary alicyclic amines) is 1. The van der Waals surface area contributed by atoms with E-state index in [0.717, 1.165) is 0 Å². The second-order valence-electron chi connectivity index (χ2n) is 8.38. The quantitative estimate of drug-likeness (QED) is 0.654. The molecule has 1 fully saturated rings. The third-order valence-corrected chi connectivity index (χ3v) is 7.20. The van der Waals surface area contributed by atoms with E-state index in [1.165, 1.54) is 19.2 Å². The van der Waals surface area contributed by atoms with Crippen molar-refractivity contribution < 1.29 is 27.1 Å². The number of hydrogen-bond acceptors (Lipinski definition) is 5. The van der Waals surface area contributed by atoms with Crippen LogP contribution < -0.4 is 10.0 Å². The molecule has 10 heteroatoms. The molecule has 1 aliphatic heterocycles. The summed E-state index contributed by atoms with van der Waals surface area (Å²) in [6.07, 6.45) is 0.451. The van der Waals surface area contributed by atoms with Gasteiger partial charge in [-0.3, -0.25) is 4.79 Å². The summed E-state index contributed by atoms with van der Waals surface area (Å²) in [4.78, 5) is 26.0. The number of halogens is 1. The summed E-state index contributed by atoms with van der Waals surface area (Å²) in [5.41, 5.74) is 1.63. The number of urea groups is 1. The number of methoxy groups -OCH3 is 1. The van der Waals surface area contributed by atoms with Gasteiger partial charge in [0.15, 0.2) is 0 Å². The second-order valence-corrected chi connectivity index (χ2v) is 10.3. The van der Waals surface area contributed by atoms with Crippen LogP contribution >= 0.6 is 0 Å². The molecule has 2 rings (SSSR count). The molecule has 3 amide bonds. The van der Waals surface area contributed by atoms with Crippen LogP contribution in [-0.4, -0.2) is 57.3 Å². The maximum Gasteiger partial charge on any atom is 0.332 e. The summed E-state index contributed by atoms with van der Waals surface area (Å²) in [6.45, 7) is 8.00. The molecule has 0 radical (unpaired) electrons. The van der Waals surface area contributed by atoms with E-state index < -0.39 is 27.1 Å². The molecule has 8 nitrogen and oxygen atoms in total. The predicted octanol–water partition coefficient (Wildman–Crippen LogP) is 3.16. The van der Waals surface area contributed by atoms with E-state index in [1.54, 1.807) is 4.90 Å². The smallest absolute Gasteiger partial charge is 0.332 e. The predicted molar refractivity (Wildman–Crippen MR) is 117 cm³/mol. The molecule has 174 valence electrons. The van der Waals surface area contributed by atoms with Crippen LogP contribution in [0.15, 0.2) is 12.1 Å². The standard InChI is InChI=1S/C21H32FN3O5S/c1-13(2)17-10-15(22)11-18(14(3)4)20(17)23-21(27)24-31(28,29)16-6-8-25(9-7-16)19(26)12-30-5/h10-11,13-14,16H,6-9,12H2,1-5H3,(H2,23,24,27). The van der Waals surface area contributed by atoms with Gasteiger partial charge in [-0.1, -0.05) is 27.7 Å². The first kappa shape index (κ1) is 25.1. The highest BCUT2D eigenvalue weighted by molar-refractivity contribution is 7.90. The number of hydrogen-bond donors (Lipinski definition) is 2. The van der Waals surface area contributed by atoms with Gasteiger partial charge in [-0.05, 0) is 47.9 Å². The summed E-state index contributed by atoms with van der Waals surface area (Å²) < 4.78 is 46.4. The molecule has 0 bridgehead atoms. The molecule has 1 aromatic carbocycles. The second kappa shape index (κ2) is 10.4. The number of ether oxygens (including phenoxy) is 1. The van der Waals surface area contributed by atoms with Crippen LogP contribution in [0.5, 0.6) is 0 Å². The zero-order valence-corrected chi connectivity index (χ0v) is 19.5. The number of carbonyl (C=O) groups is 2. The Bertz CT molecular complexity index is 881. The van der Waals surface area contributed by atoms with Crippen LogP contribution in [0.1, 0.15) is 63.5 Å². The zero-order chi connectivity index (χ0) is 23.3. The molecule has 1 aliphatic rings. The topological polar surface area (TPSA) is 105 Å². The number of nitrogens with zero attached hydrogens (tertiary/aromatic N) is 1. The maximum atomic E-state index is 14.1. The molecule has 0 atom stereocenters. The number of rotatable bonds is 7. The minimum absolute atomic E-state index is 0.0495. The van der Waals surface area contributed by atoms with Crippen molar-refractivity contribution in [2.24, 2.45) is 0 Å². The molecule has 1 heterocycles. The van der Waals surface area contributed by atoms with Crippen LogP contribution in [0.25, 0.3) is 0 Å². The van der Waals surface area contributed by atoms with E-state index in [9.17, 15) is 22.4 Å². The lowest BCUT2D eigenvalue weighted by molar-refractivity contribution is -0.135. The number of sulfonamides is 1. The Labute approximate surface area is 183 Å². The van der Waals surface area contributed by atoms with Crippen LogP contribution in [0.4, 0.5) is 14.9 Å². The van der Waals surface area contributed by atoms with Crippen molar-refractivity contribution in [1.29, 1.82) is 0 Å². The van der Waals surface area contributed by atoms with Crippen molar-refractivity contribution in [2.75, 3.05) is 32.1 Å². The van der Waals surface area contributed by atoms with E-state index >= 15 is 0 Å². The Hall–Kier alpha value is -2.20. The first-order valence-corrected chi connectivity index (χ1v) is 11.9. The van der Waals surface area contributed by atoms with Crippen molar-refractivity contribution in [3.05, 3.63) is 29.1 Å². The fourth-order valence-electron chi connectivity index (χ4n) is 3.69. The van der Waals surface area contributed by atoms with Crippen LogP contribution in [0.3, 0.4) is 0 Å². The van der Waals surface area contributed by atoms with E-state index in [2.05, 4.69) is 10.0 Å². The fraction of sp³-hybridized carbons (Fsp3) is 0.619. The monoisotopic (exact) mass is 457 g/mol. The van der Waals surface area contributed by atoms with Crippen molar-refractivity contribution >= 4 is 27.6 Å². The zero-order valence-electron chi connectivity index (χ0n) is 18.7. The van der Waals surface area contributed by atoms with Crippen LogP contribution in [0.2, 0.25) is 0 Å². The van der Waals surface area contributed by atoms with Crippen LogP contribution in [0, 0.1) is 5.82 Å². The number of nitrogens with one attached hydrogen (secondary N) is 2. The van der Waals surface area contributed by atoms with Crippen molar-refractivity contribution in [3.63, 3.8) is 0 Å². The van der Waals surface area contributed by atoms with Gasteiger partial charge in [0, 0.05) is 25.9 Å². The number of benzene rings is 1. The molecule has 31 heavy (non-hydrogen) atoms. The van der Waals surface area contributed by atoms with Crippen molar-refractivity contribution in [1.82, 2.24) is 9.62 Å². The highest BCUT2D eigenvalue weighted by Crippen LogP contribution is 2.33. The van der Waals surface area contributed by atoms with Gasteiger partial charge in [-0.2, -0.15) is 0 Å². The largest absolute Gasteiger partial charge is 0.375 e. The van der Waals surface area contributed by atoms with Crippen molar-refractivity contribution in [2.45, 2.75) is 57.6 Å². The average Bonchev–Trinajstić information content (AvgIpc) is 2.68. The Morgan fingerprint density at radius 1 is 1.13 bits per heavy atom. The van der Waals surface area contributed by atoms with E-state index in [-0.39, 0.29) is 50.3 Å². The number of amides is 3. The Kier molecular flexibility index (Phi) is 8.41. The highest BCUT2D eigenvalue weighted by atomic mass is 32.2.